The maximum atomic E-state index is 11.3. The van der Waals surface area contributed by atoms with Crippen LogP contribution in [-0.2, 0) is 9.53 Å². The van der Waals surface area contributed by atoms with E-state index in [2.05, 4.69) is 6.92 Å². The highest BCUT2D eigenvalue weighted by atomic mass is 32.2. The van der Waals surface area contributed by atoms with Crippen LogP contribution in [0.4, 0.5) is 0 Å². The number of hydrogen-bond acceptors (Lipinski definition) is 3. The normalized spacial score (nSPS) is 19.6. The summed E-state index contributed by atoms with van der Waals surface area (Å²) in [6.07, 6.45) is 5.83. The Kier molecular flexibility index (Phi) is 6.21. The third-order valence-corrected chi connectivity index (χ3v) is 4.05. The molecule has 0 spiro atoms. The number of unbranched alkanes of at least 4 members (excludes halogenated alkanes) is 3. The molecule has 4 heteroatoms. The highest BCUT2D eigenvalue weighted by Crippen LogP contribution is 2.31. The Labute approximate surface area is 102 Å². The molecule has 0 aromatic heterocycles. The van der Waals surface area contributed by atoms with Crippen LogP contribution in [0.5, 0.6) is 0 Å². The first-order chi connectivity index (χ1) is 7.71. The minimum Gasteiger partial charge on any atom is -0.479 e. The zero-order valence-corrected chi connectivity index (χ0v) is 10.9. The molecular weight excluding hydrogens is 224 g/mol. The van der Waals surface area contributed by atoms with Crippen molar-refractivity contribution in [3.63, 3.8) is 0 Å². The molecule has 0 aromatic rings. The van der Waals surface area contributed by atoms with E-state index in [9.17, 15) is 9.90 Å². The molecule has 1 aliphatic rings. The molecule has 1 heterocycles. The maximum absolute atomic E-state index is 11.3. The number of hydrogen-bond donors (Lipinski definition) is 1. The number of aliphatic carboxylic acids is 1. The second-order valence-electron chi connectivity index (χ2n) is 4.32. The summed E-state index contributed by atoms with van der Waals surface area (Å²) in [5, 5.41) is 9.26. The first-order valence-corrected chi connectivity index (χ1v) is 7.32. The molecule has 1 fully saturated rings. The molecule has 0 radical (unpaired) electrons. The molecule has 0 saturated carbocycles. The van der Waals surface area contributed by atoms with E-state index in [1.54, 1.807) is 0 Å². The Morgan fingerprint density at radius 2 is 2.00 bits per heavy atom. The van der Waals surface area contributed by atoms with Crippen LogP contribution in [0.1, 0.15) is 45.4 Å². The Balaban J connectivity index is 2.30. The van der Waals surface area contributed by atoms with Gasteiger partial charge in [-0.3, -0.25) is 0 Å². The molecule has 0 aromatic carbocycles. The van der Waals surface area contributed by atoms with Gasteiger partial charge in [-0.1, -0.05) is 26.2 Å². The van der Waals surface area contributed by atoms with Crippen molar-refractivity contribution in [2.24, 2.45) is 0 Å². The summed E-state index contributed by atoms with van der Waals surface area (Å²) in [4.78, 5) is 11.3. The van der Waals surface area contributed by atoms with Crippen molar-refractivity contribution in [1.29, 1.82) is 0 Å². The van der Waals surface area contributed by atoms with E-state index in [1.165, 1.54) is 12.8 Å². The standard InChI is InChI=1S/C12H22O3S/c1-2-3-4-5-8-15-12(11(13)14)6-9-16-10-7-12/h2-10H2,1H3,(H,13,14). The third kappa shape index (κ3) is 3.98. The zero-order valence-electron chi connectivity index (χ0n) is 10.0. The lowest BCUT2D eigenvalue weighted by molar-refractivity contribution is -0.167. The smallest absolute Gasteiger partial charge is 0.336 e. The van der Waals surface area contributed by atoms with Gasteiger partial charge in [-0.25, -0.2) is 4.79 Å². The average molecular weight is 246 g/mol. The summed E-state index contributed by atoms with van der Waals surface area (Å²) < 4.78 is 5.67. The van der Waals surface area contributed by atoms with Crippen LogP contribution in [0.3, 0.4) is 0 Å². The fraction of sp³-hybridized carbons (Fsp3) is 0.917. The Hall–Kier alpha value is -0.220. The van der Waals surface area contributed by atoms with Gasteiger partial charge in [0, 0.05) is 6.61 Å². The molecule has 0 amide bonds. The van der Waals surface area contributed by atoms with Crippen LogP contribution in [0.25, 0.3) is 0 Å². The van der Waals surface area contributed by atoms with E-state index in [4.69, 9.17) is 4.74 Å². The largest absolute Gasteiger partial charge is 0.479 e. The van der Waals surface area contributed by atoms with Crippen molar-refractivity contribution in [3.8, 4) is 0 Å². The summed E-state index contributed by atoms with van der Waals surface area (Å²) in [6.45, 7) is 2.76. The molecular formula is C12H22O3S. The molecule has 0 unspecified atom stereocenters. The van der Waals surface area contributed by atoms with Gasteiger partial charge in [0.15, 0.2) is 5.60 Å². The predicted molar refractivity (Wildman–Crippen MR) is 67.0 cm³/mol. The van der Waals surface area contributed by atoms with Crippen LogP contribution in [0, 0.1) is 0 Å². The SMILES string of the molecule is CCCCCCOC1(C(=O)O)CCSCC1. The molecule has 1 aliphatic heterocycles. The molecule has 3 nitrogen and oxygen atoms in total. The molecule has 16 heavy (non-hydrogen) atoms. The van der Waals surface area contributed by atoms with Gasteiger partial charge in [-0.2, -0.15) is 11.8 Å². The molecule has 1 rings (SSSR count). The monoisotopic (exact) mass is 246 g/mol. The summed E-state index contributed by atoms with van der Waals surface area (Å²) in [5.74, 6) is 1.03. The van der Waals surface area contributed by atoms with Gasteiger partial charge >= 0.3 is 5.97 Å². The van der Waals surface area contributed by atoms with Gasteiger partial charge in [0.05, 0.1) is 0 Å². The molecule has 0 aliphatic carbocycles. The van der Waals surface area contributed by atoms with Gasteiger partial charge in [-0.15, -0.1) is 0 Å². The van der Waals surface area contributed by atoms with Gasteiger partial charge in [0.25, 0.3) is 0 Å². The van der Waals surface area contributed by atoms with Gasteiger partial charge in [0.1, 0.15) is 0 Å². The summed E-state index contributed by atoms with van der Waals surface area (Å²) in [6, 6.07) is 0. The average Bonchev–Trinajstić information content (AvgIpc) is 2.30. The molecule has 0 bridgehead atoms. The summed E-state index contributed by atoms with van der Waals surface area (Å²) in [5.41, 5.74) is -0.878. The van der Waals surface area contributed by atoms with Gasteiger partial charge in [0.2, 0.25) is 0 Å². The molecule has 1 N–H and O–H groups in total. The highest BCUT2D eigenvalue weighted by Gasteiger charge is 2.40. The van der Waals surface area contributed by atoms with Crippen LogP contribution in [0.2, 0.25) is 0 Å². The third-order valence-electron chi connectivity index (χ3n) is 3.07. The van der Waals surface area contributed by atoms with Crippen LogP contribution in [-0.4, -0.2) is 34.8 Å². The van der Waals surface area contributed by atoms with Crippen LogP contribution in [0.15, 0.2) is 0 Å². The predicted octanol–water partition coefficient (Wildman–Crippen LogP) is 2.93. The van der Waals surface area contributed by atoms with Crippen molar-refractivity contribution in [3.05, 3.63) is 0 Å². The minimum atomic E-state index is -0.878. The number of carbonyl (C=O) groups is 1. The van der Waals surface area contributed by atoms with Crippen molar-refractivity contribution in [1.82, 2.24) is 0 Å². The zero-order chi connectivity index (χ0) is 11.9. The van der Waals surface area contributed by atoms with E-state index < -0.39 is 11.6 Å². The van der Waals surface area contributed by atoms with Crippen LogP contribution >= 0.6 is 11.8 Å². The van der Waals surface area contributed by atoms with Crippen molar-refractivity contribution >= 4 is 17.7 Å². The van der Waals surface area contributed by atoms with Crippen molar-refractivity contribution in [2.45, 2.75) is 51.0 Å². The first-order valence-electron chi connectivity index (χ1n) is 6.16. The summed E-state index contributed by atoms with van der Waals surface area (Å²) >= 11 is 1.82. The van der Waals surface area contributed by atoms with E-state index in [0.717, 1.165) is 24.3 Å². The topological polar surface area (TPSA) is 46.5 Å². The lowest BCUT2D eigenvalue weighted by Crippen LogP contribution is -2.45. The van der Waals surface area contributed by atoms with Gasteiger partial charge < -0.3 is 9.84 Å². The fourth-order valence-corrected chi connectivity index (χ4v) is 3.07. The molecule has 1 saturated heterocycles. The lowest BCUT2D eigenvalue weighted by Gasteiger charge is -2.32. The Morgan fingerprint density at radius 3 is 2.56 bits per heavy atom. The number of ether oxygens (including phenoxy) is 1. The molecule has 94 valence electrons. The number of thioether (sulfide) groups is 1. The van der Waals surface area contributed by atoms with E-state index >= 15 is 0 Å². The van der Waals surface area contributed by atoms with E-state index in [-0.39, 0.29) is 0 Å². The quantitative estimate of drug-likeness (QED) is 0.702. The minimum absolute atomic E-state index is 0.594. The second kappa shape index (κ2) is 7.17. The van der Waals surface area contributed by atoms with E-state index in [0.29, 0.717) is 19.4 Å². The molecule has 0 atom stereocenters. The van der Waals surface area contributed by atoms with Crippen molar-refractivity contribution in [2.75, 3.05) is 18.1 Å². The maximum Gasteiger partial charge on any atom is 0.336 e. The Morgan fingerprint density at radius 1 is 1.31 bits per heavy atom. The number of rotatable bonds is 7. The van der Waals surface area contributed by atoms with Crippen LogP contribution < -0.4 is 0 Å². The van der Waals surface area contributed by atoms with E-state index in [1.807, 2.05) is 11.8 Å². The van der Waals surface area contributed by atoms with Crippen molar-refractivity contribution < 1.29 is 14.6 Å². The second-order valence-corrected chi connectivity index (χ2v) is 5.55. The number of carboxylic acid groups (broad SMARTS) is 1. The number of carboxylic acids is 1. The first kappa shape index (κ1) is 13.8. The Bertz CT molecular complexity index is 212. The van der Waals surface area contributed by atoms with Gasteiger partial charge in [-0.05, 0) is 30.8 Å². The fourth-order valence-electron chi connectivity index (χ4n) is 1.92. The lowest BCUT2D eigenvalue weighted by atomic mass is 9.96. The summed E-state index contributed by atoms with van der Waals surface area (Å²) in [7, 11) is 0. The highest BCUT2D eigenvalue weighted by molar-refractivity contribution is 7.99.